The maximum atomic E-state index is 16.3. The van der Waals surface area contributed by atoms with Crippen LogP contribution in [0.1, 0.15) is 5.56 Å². The number of aromatic nitrogens is 6. The highest BCUT2D eigenvalue weighted by molar-refractivity contribution is 6.12. The highest BCUT2D eigenvalue weighted by Gasteiger charge is 2.40. The summed E-state index contributed by atoms with van der Waals surface area (Å²) in [7, 11) is 0. The second kappa shape index (κ2) is 13.3. The van der Waals surface area contributed by atoms with Gasteiger partial charge in [-0.3, -0.25) is 0 Å². The first kappa shape index (κ1) is 35.9. The average molecular weight is 799 g/mol. The van der Waals surface area contributed by atoms with E-state index in [2.05, 4.69) is 19.9 Å². The largest absolute Gasteiger partial charge is 0.420 e. The van der Waals surface area contributed by atoms with Gasteiger partial charge in [0.25, 0.3) is 0 Å². The summed E-state index contributed by atoms with van der Waals surface area (Å²) < 4.78 is 128. The maximum absolute atomic E-state index is 16.3. The van der Waals surface area contributed by atoms with Gasteiger partial charge in [0.1, 0.15) is 5.56 Å². The van der Waals surface area contributed by atoms with Crippen molar-refractivity contribution in [3.63, 3.8) is 0 Å². The predicted molar refractivity (Wildman–Crippen MR) is 207 cm³/mol. The summed E-state index contributed by atoms with van der Waals surface area (Å²) >= 11 is 0. The predicted octanol–water partition coefficient (Wildman–Crippen LogP) is 12.2. The van der Waals surface area contributed by atoms with E-state index in [4.69, 9.17) is 0 Å². The van der Waals surface area contributed by atoms with Gasteiger partial charge in [0.2, 0.25) is 5.82 Å². The SMILES string of the molecule is Fc1c(F)c(F)c(-c2cc(-n3c4ccccc4c4ccc(-c5ncccn5)cc43)c(C(F)(F)F)c(-n3c4ccccc4c4ccc(-c5ncccn5)cc43)c2)c(F)c1F. The fraction of sp³-hybridized carbons (Fsp3) is 0.0222. The van der Waals surface area contributed by atoms with E-state index in [1.807, 2.05) is 0 Å². The molecule has 10 rings (SSSR count). The highest BCUT2D eigenvalue weighted by atomic mass is 19.4. The lowest BCUT2D eigenvalue weighted by atomic mass is 9.97. The summed E-state index contributed by atoms with van der Waals surface area (Å²) in [6.45, 7) is 0. The first-order valence-corrected chi connectivity index (χ1v) is 17.9. The first-order chi connectivity index (χ1) is 28.5. The molecular formula is C45H22F8N6. The Bertz CT molecular complexity index is 3120. The van der Waals surface area contributed by atoms with Crippen LogP contribution < -0.4 is 0 Å². The summed E-state index contributed by atoms with van der Waals surface area (Å²) in [4.78, 5) is 17.2. The van der Waals surface area contributed by atoms with Crippen LogP contribution in [-0.4, -0.2) is 29.1 Å². The molecule has 4 aromatic heterocycles. The number of nitrogens with zero attached hydrogens (tertiary/aromatic N) is 6. The molecule has 0 radical (unpaired) electrons. The minimum Gasteiger partial charge on any atom is -0.309 e. The van der Waals surface area contributed by atoms with Crippen LogP contribution in [0, 0.1) is 29.1 Å². The second-order valence-electron chi connectivity index (χ2n) is 13.6. The van der Waals surface area contributed by atoms with Crippen LogP contribution in [0.5, 0.6) is 0 Å². The molecule has 10 aromatic rings. The third-order valence-corrected chi connectivity index (χ3v) is 10.4. The molecule has 6 nitrogen and oxygen atoms in total. The number of rotatable bonds is 5. The van der Waals surface area contributed by atoms with E-state index in [0.717, 1.165) is 12.1 Å². The van der Waals surface area contributed by atoms with Gasteiger partial charge >= 0.3 is 6.18 Å². The number of halogens is 8. The number of alkyl halides is 3. The number of fused-ring (bicyclic) bond motifs is 6. The van der Waals surface area contributed by atoms with Crippen LogP contribution in [0.15, 0.2) is 134 Å². The first-order valence-electron chi connectivity index (χ1n) is 17.9. The van der Waals surface area contributed by atoms with Crippen molar-refractivity contribution in [3.8, 4) is 45.3 Å². The Labute approximate surface area is 327 Å². The van der Waals surface area contributed by atoms with Crippen molar-refractivity contribution in [1.29, 1.82) is 0 Å². The van der Waals surface area contributed by atoms with Crippen molar-refractivity contribution < 1.29 is 35.1 Å². The fourth-order valence-corrected chi connectivity index (χ4v) is 7.89. The minimum absolute atomic E-state index is 0.216. The monoisotopic (exact) mass is 798 g/mol. The van der Waals surface area contributed by atoms with Gasteiger partial charge < -0.3 is 9.13 Å². The van der Waals surface area contributed by atoms with Crippen LogP contribution >= 0.6 is 0 Å². The molecule has 0 fully saturated rings. The van der Waals surface area contributed by atoms with Gasteiger partial charge in [-0.15, -0.1) is 0 Å². The molecule has 59 heavy (non-hydrogen) atoms. The van der Waals surface area contributed by atoms with Gasteiger partial charge in [0.05, 0.1) is 39.0 Å². The summed E-state index contributed by atoms with van der Waals surface area (Å²) in [6, 6.07) is 28.0. The van der Waals surface area contributed by atoms with Crippen LogP contribution in [0.25, 0.3) is 88.9 Å². The van der Waals surface area contributed by atoms with Gasteiger partial charge in [0, 0.05) is 57.5 Å². The quantitative estimate of drug-likeness (QED) is 0.0988. The topological polar surface area (TPSA) is 61.4 Å². The summed E-state index contributed by atoms with van der Waals surface area (Å²) in [5.74, 6) is -10.8. The molecule has 0 unspecified atom stereocenters. The van der Waals surface area contributed by atoms with E-state index in [9.17, 15) is 4.39 Å². The molecule has 4 heterocycles. The summed E-state index contributed by atoms with van der Waals surface area (Å²) in [5.41, 5.74) is -2.88. The Kier molecular flexibility index (Phi) is 8.09. The van der Waals surface area contributed by atoms with Crippen LogP contribution in [0.2, 0.25) is 0 Å². The van der Waals surface area contributed by atoms with Crippen molar-refractivity contribution in [1.82, 2.24) is 29.1 Å². The van der Waals surface area contributed by atoms with Crippen LogP contribution in [0.3, 0.4) is 0 Å². The molecule has 14 heteroatoms. The highest BCUT2D eigenvalue weighted by Crippen LogP contribution is 2.47. The number of para-hydroxylation sites is 2. The van der Waals surface area contributed by atoms with Crippen molar-refractivity contribution in [2.75, 3.05) is 0 Å². The zero-order chi connectivity index (χ0) is 40.7. The summed E-state index contributed by atoms with van der Waals surface area (Å²) in [6.07, 6.45) is 0.819. The molecule has 0 spiro atoms. The standard InChI is InChI=1S/C45H22F8N6/c46-38-36(39(47)41(49)42(50)40(38)48)25-21-34(58-30-9-3-1-7-26(30)28-13-11-23(19-32(28)58)43-54-15-5-16-55-43)37(45(51,52)53)35(22-25)59-31-10-4-2-8-27(31)29-14-12-24(20-33(29)59)44-56-17-6-18-57-44/h1-22H. The van der Waals surface area contributed by atoms with E-state index < -0.39 is 63.3 Å². The lowest BCUT2D eigenvalue weighted by Gasteiger charge is -2.23. The molecule has 0 aliphatic heterocycles. The van der Waals surface area contributed by atoms with Gasteiger partial charge in [-0.05, 0) is 54.1 Å². The van der Waals surface area contributed by atoms with Crippen LogP contribution in [-0.2, 0) is 6.18 Å². The Balaban J connectivity index is 1.41. The van der Waals surface area contributed by atoms with E-state index in [-0.39, 0.29) is 33.7 Å². The third kappa shape index (κ3) is 5.54. The molecular weight excluding hydrogens is 777 g/mol. The zero-order valence-corrected chi connectivity index (χ0v) is 29.9. The number of benzene rings is 6. The smallest absolute Gasteiger partial charge is 0.309 e. The van der Waals surface area contributed by atoms with Crippen molar-refractivity contribution in [2.45, 2.75) is 6.18 Å². The Hall–Kier alpha value is -7.48. The lowest BCUT2D eigenvalue weighted by molar-refractivity contribution is -0.137. The molecule has 0 aliphatic rings. The molecule has 0 saturated carbocycles. The number of hydrogen-bond acceptors (Lipinski definition) is 4. The van der Waals surface area contributed by atoms with Crippen molar-refractivity contribution in [3.05, 3.63) is 169 Å². The number of hydrogen-bond donors (Lipinski definition) is 0. The maximum Gasteiger partial charge on any atom is 0.420 e. The molecule has 0 bridgehead atoms. The van der Waals surface area contributed by atoms with E-state index in [1.54, 1.807) is 97.1 Å². The zero-order valence-electron chi connectivity index (χ0n) is 29.9. The van der Waals surface area contributed by atoms with Gasteiger partial charge in [-0.1, -0.05) is 60.7 Å². The Morgan fingerprint density at radius 1 is 0.390 bits per heavy atom. The molecule has 0 saturated heterocycles. The average Bonchev–Trinajstić information content (AvgIpc) is 3.77. The van der Waals surface area contributed by atoms with E-state index >= 15 is 30.7 Å². The van der Waals surface area contributed by atoms with Crippen LogP contribution in [0.4, 0.5) is 35.1 Å². The molecule has 0 atom stereocenters. The molecule has 0 N–H and O–H groups in total. The Morgan fingerprint density at radius 3 is 1.20 bits per heavy atom. The van der Waals surface area contributed by atoms with Gasteiger partial charge in [0.15, 0.2) is 34.9 Å². The normalized spacial score (nSPS) is 12.1. The molecule has 0 aliphatic carbocycles. The summed E-state index contributed by atoms with van der Waals surface area (Å²) in [5, 5.41) is 2.04. The minimum atomic E-state index is -5.20. The Morgan fingerprint density at radius 2 is 0.780 bits per heavy atom. The second-order valence-corrected chi connectivity index (χ2v) is 13.6. The van der Waals surface area contributed by atoms with Crippen molar-refractivity contribution >= 4 is 43.6 Å². The van der Waals surface area contributed by atoms with Gasteiger partial charge in [-0.25, -0.2) is 41.9 Å². The fourth-order valence-electron chi connectivity index (χ4n) is 7.89. The van der Waals surface area contributed by atoms with Gasteiger partial charge in [-0.2, -0.15) is 13.2 Å². The molecule has 288 valence electrons. The van der Waals surface area contributed by atoms with Crippen molar-refractivity contribution in [2.24, 2.45) is 0 Å². The molecule has 0 amide bonds. The van der Waals surface area contributed by atoms with E-state index in [0.29, 0.717) is 32.7 Å². The molecule has 6 aromatic carbocycles. The third-order valence-electron chi connectivity index (χ3n) is 10.4. The van der Waals surface area contributed by atoms with E-state index in [1.165, 1.54) is 33.9 Å². The lowest BCUT2D eigenvalue weighted by Crippen LogP contribution is -2.16.